The van der Waals surface area contributed by atoms with Crippen LogP contribution in [0, 0.1) is 0 Å². The summed E-state index contributed by atoms with van der Waals surface area (Å²) >= 11 is 6.19. The maximum Gasteiger partial charge on any atom is 0.315 e. The fourth-order valence-corrected chi connectivity index (χ4v) is 3.51. The van der Waals surface area contributed by atoms with E-state index >= 15 is 0 Å². The smallest absolute Gasteiger partial charge is 0.315 e. The van der Waals surface area contributed by atoms with Crippen LogP contribution in [0.2, 0.25) is 5.02 Å². The highest BCUT2D eigenvalue weighted by atomic mass is 35.5. The lowest BCUT2D eigenvalue weighted by molar-refractivity contribution is 0.223. The van der Waals surface area contributed by atoms with Crippen LogP contribution in [0.15, 0.2) is 66.9 Å². The molecule has 4 rings (SSSR count). The van der Waals surface area contributed by atoms with E-state index in [0.717, 1.165) is 22.6 Å². The average molecular weight is 424 g/mol. The largest absolute Gasteiger partial charge is 0.492 e. The van der Waals surface area contributed by atoms with Crippen LogP contribution in [-0.2, 0) is 13.2 Å². The second kappa shape index (κ2) is 9.50. The highest BCUT2D eigenvalue weighted by Crippen LogP contribution is 2.37. The van der Waals surface area contributed by atoms with Crippen LogP contribution in [0.3, 0.4) is 0 Å². The summed E-state index contributed by atoms with van der Waals surface area (Å²) in [4.78, 5) is 16.6. The predicted molar refractivity (Wildman–Crippen MR) is 115 cm³/mol. The van der Waals surface area contributed by atoms with Crippen molar-refractivity contribution in [2.45, 2.75) is 25.6 Å². The monoisotopic (exact) mass is 423 g/mol. The van der Waals surface area contributed by atoms with Gasteiger partial charge in [0.05, 0.1) is 23.4 Å². The van der Waals surface area contributed by atoms with Gasteiger partial charge < -0.3 is 20.1 Å². The van der Waals surface area contributed by atoms with Crippen molar-refractivity contribution in [2.24, 2.45) is 0 Å². The number of benzene rings is 2. The number of nitrogens with one attached hydrogen (secondary N) is 2. The first-order valence-corrected chi connectivity index (χ1v) is 10.1. The Morgan fingerprint density at radius 3 is 2.80 bits per heavy atom. The van der Waals surface area contributed by atoms with E-state index in [4.69, 9.17) is 21.1 Å². The SMILES string of the molecule is O=C(NCc1ccc(OCc2ccccn2)cc1)NC1CCOc2c(Cl)cccc21. The fraction of sp³-hybridized carbons (Fsp3) is 0.217. The molecule has 1 aliphatic heterocycles. The Balaban J connectivity index is 1.27. The summed E-state index contributed by atoms with van der Waals surface area (Å²) in [5.74, 6) is 1.40. The molecule has 0 fully saturated rings. The van der Waals surface area contributed by atoms with Gasteiger partial charge in [-0.05, 0) is 35.9 Å². The Labute approximate surface area is 180 Å². The molecule has 0 spiro atoms. The first-order valence-electron chi connectivity index (χ1n) is 9.76. The van der Waals surface area contributed by atoms with E-state index in [1.165, 1.54) is 0 Å². The van der Waals surface area contributed by atoms with E-state index in [0.29, 0.717) is 37.0 Å². The second-order valence-electron chi connectivity index (χ2n) is 6.93. The molecule has 1 aliphatic rings. The number of carbonyl (C=O) groups is 1. The zero-order chi connectivity index (χ0) is 20.8. The third-order valence-electron chi connectivity index (χ3n) is 4.82. The number of rotatable bonds is 6. The van der Waals surface area contributed by atoms with Gasteiger partial charge in [0.25, 0.3) is 0 Å². The predicted octanol–water partition coefficient (Wildman–Crippen LogP) is 4.64. The highest BCUT2D eigenvalue weighted by Gasteiger charge is 2.24. The molecular formula is C23H22ClN3O3. The molecule has 2 heterocycles. The Kier molecular flexibility index (Phi) is 6.35. The van der Waals surface area contributed by atoms with Gasteiger partial charge in [-0.15, -0.1) is 0 Å². The van der Waals surface area contributed by atoms with Gasteiger partial charge in [-0.2, -0.15) is 0 Å². The molecule has 2 amide bonds. The number of nitrogens with zero attached hydrogens (tertiary/aromatic N) is 1. The van der Waals surface area contributed by atoms with E-state index in [1.54, 1.807) is 12.3 Å². The quantitative estimate of drug-likeness (QED) is 0.606. The molecule has 2 aromatic carbocycles. The number of halogens is 1. The molecule has 0 aliphatic carbocycles. The first-order chi connectivity index (χ1) is 14.7. The molecule has 0 bridgehead atoms. The standard InChI is InChI=1S/C23H22ClN3O3/c24-20-6-3-5-19-21(11-13-29-22(19)20)27-23(28)26-14-16-7-9-18(10-8-16)30-15-17-4-1-2-12-25-17/h1-10,12,21H,11,13-15H2,(H2,26,27,28). The zero-order valence-electron chi connectivity index (χ0n) is 16.3. The number of pyridine rings is 1. The minimum absolute atomic E-state index is 0.130. The summed E-state index contributed by atoms with van der Waals surface area (Å²) in [5, 5.41) is 6.46. The number of hydrogen-bond acceptors (Lipinski definition) is 4. The van der Waals surface area contributed by atoms with Crippen molar-refractivity contribution in [2.75, 3.05) is 6.61 Å². The summed E-state index contributed by atoms with van der Waals surface area (Å²) in [5.41, 5.74) is 2.75. The van der Waals surface area contributed by atoms with Gasteiger partial charge in [0.1, 0.15) is 18.1 Å². The van der Waals surface area contributed by atoms with Crippen LogP contribution in [0.1, 0.15) is 29.3 Å². The molecule has 0 saturated carbocycles. The van der Waals surface area contributed by atoms with Gasteiger partial charge >= 0.3 is 6.03 Å². The lowest BCUT2D eigenvalue weighted by Gasteiger charge is -2.27. The van der Waals surface area contributed by atoms with Gasteiger partial charge in [-0.25, -0.2) is 4.79 Å². The van der Waals surface area contributed by atoms with Crippen molar-refractivity contribution in [3.63, 3.8) is 0 Å². The first kappa shape index (κ1) is 20.0. The Morgan fingerprint density at radius 2 is 2.00 bits per heavy atom. The lowest BCUT2D eigenvalue weighted by atomic mass is 10.0. The molecule has 154 valence electrons. The number of aromatic nitrogens is 1. The highest BCUT2D eigenvalue weighted by molar-refractivity contribution is 6.32. The van der Waals surface area contributed by atoms with E-state index in [9.17, 15) is 4.79 Å². The molecule has 2 N–H and O–H groups in total. The molecule has 1 atom stereocenters. The van der Waals surface area contributed by atoms with Gasteiger partial charge in [0, 0.05) is 24.7 Å². The molecule has 7 heteroatoms. The molecule has 1 aromatic heterocycles. The van der Waals surface area contributed by atoms with Crippen LogP contribution in [0.4, 0.5) is 4.79 Å². The normalized spacial score (nSPS) is 14.9. The van der Waals surface area contributed by atoms with E-state index in [2.05, 4.69) is 15.6 Å². The number of urea groups is 1. The Hall–Kier alpha value is -3.25. The number of para-hydroxylation sites is 1. The molecule has 6 nitrogen and oxygen atoms in total. The van der Waals surface area contributed by atoms with Crippen LogP contribution in [-0.4, -0.2) is 17.6 Å². The van der Waals surface area contributed by atoms with Crippen molar-refractivity contribution in [1.82, 2.24) is 15.6 Å². The van der Waals surface area contributed by atoms with E-state index in [1.807, 2.05) is 54.6 Å². The van der Waals surface area contributed by atoms with E-state index < -0.39 is 0 Å². The van der Waals surface area contributed by atoms with Crippen LogP contribution in [0.5, 0.6) is 11.5 Å². The molecule has 3 aromatic rings. The lowest BCUT2D eigenvalue weighted by Crippen LogP contribution is -2.39. The average Bonchev–Trinajstić information content (AvgIpc) is 2.78. The summed E-state index contributed by atoms with van der Waals surface area (Å²) in [6.45, 7) is 1.34. The van der Waals surface area contributed by atoms with Crippen LogP contribution >= 0.6 is 11.6 Å². The number of amides is 2. The van der Waals surface area contributed by atoms with Crippen LogP contribution in [0.25, 0.3) is 0 Å². The zero-order valence-corrected chi connectivity index (χ0v) is 17.1. The molecule has 0 radical (unpaired) electrons. The second-order valence-corrected chi connectivity index (χ2v) is 7.34. The van der Waals surface area contributed by atoms with Crippen molar-refractivity contribution < 1.29 is 14.3 Å². The van der Waals surface area contributed by atoms with Crippen LogP contribution < -0.4 is 20.1 Å². The number of fused-ring (bicyclic) bond motifs is 1. The minimum Gasteiger partial charge on any atom is -0.492 e. The third-order valence-corrected chi connectivity index (χ3v) is 5.12. The van der Waals surface area contributed by atoms with Gasteiger partial charge in [-0.1, -0.05) is 41.9 Å². The summed E-state index contributed by atoms with van der Waals surface area (Å²) < 4.78 is 11.4. The number of hydrogen-bond donors (Lipinski definition) is 2. The third kappa shape index (κ3) is 5.02. The maximum absolute atomic E-state index is 12.4. The van der Waals surface area contributed by atoms with Crippen molar-refractivity contribution in [3.05, 3.63) is 88.7 Å². The molecule has 30 heavy (non-hydrogen) atoms. The Bertz CT molecular complexity index is 996. The fourth-order valence-electron chi connectivity index (χ4n) is 3.27. The number of ether oxygens (including phenoxy) is 2. The Morgan fingerprint density at radius 1 is 1.13 bits per heavy atom. The van der Waals surface area contributed by atoms with Gasteiger partial charge in [-0.3, -0.25) is 4.98 Å². The van der Waals surface area contributed by atoms with Crippen molar-refractivity contribution in [1.29, 1.82) is 0 Å². The summed E-state index contributed by atoms with van der Waals surface area (Å²) in [7, 11) is 0. The summed E-state index contributed by atoms with van der Waals surface area (Å²) in [6.07, 6.45) is 2.44. The van der Waals surface area contributed by atoms with E-state index in [-0.39, 0.29) is 12.1 Å². The summed E-state index contributed by atoms with van der Waals surface area (Å²) in [6, 6.07) is 18.6. The van der Waals surface area contributed by atoms with Gasteiger partial charge in [0.2, 0.25) is 0 Å². The van der Waals surface area contributed by atoms with Crippen molar-refractivity contribution >= 4 is 17.6 Å². The topological polar surface area (TPSA) is 72.5 Å². The molecular weight excluding hydrogens is 402 g/mol. The maximum atomic E-state index is 12.4. The molecule has 0 saturated heterocycles. The number of carbonyl (C=O) groups excluding carboxylic acids is 1. The molecule has 1 unspecified atom stereocenters. The van der Waals surface area contributed by atoms with Crippen molar-refractivity contribution in [3.8, 4) is 11.5 Å². The minimum atomic E-state index is -0.233. The van der Waals surface area contributed by atoms with Gasteiger partial charge in [0.15, 0.2) is 0 Å².